The second-order valence-electron chi connectivity index (χ2n) is 4.93. The highest BCUT2D eigenvalue weighted by Gasteiger charge is 2.03. The fraction of sp³-hybridized carbons (Fsp3) is 1.00. The summed E-state index contributed by atoms with van der Waals surface area (Å²) < 4.78 is 0. The maximum absolute atomic E-state index is 3.60. The van der Waals surface area contributed by atoms with Gasteiger partial charge in [0.15, 0.2) is 0 Å². The molecule has 0 saturated heterocycles. The van der Waals surface area contributed by atoms with Gasteiger partial charge >= 0.3 is 0 Å². The third kappa shape index (κ3) is 9.13. The van der Waals surface area contributed by atoms with E-state index in [-0.39, 0.29) is 0 Å². The molecule has 0 aliphatic heterocycles. The number of nitrogens with zero attached hydrogens (tertiary/aromatic N) is 2. The molecule has 0 spiro atoms. The van der Waals surface area contributed by atoms with Gasteiger partial charge in [-0.25, -0.2) is 0 Å². The van der Waals surface area contributed by atoms with Gasteiger partial charge in [0, 0.05) is 19.1 Å². The van der Waals surface area contributed by atoms with Crippen LogP contribution in [0.25, 0.3) is 0 Å². The Morgan fingerprint density at radius 2 is 1.56 bits per heavy atom. The Morgan fingerprint density at radius 1 is 0.938 bits per heavy atom. The van der Waals surface area contributed by atoms with E-state index in [9.17, 15) is 0 Å². The molecule has 0 aromatic rings. The van der Waals surface area contributed by atoms with Gasteiger partial charge in [-0.3, -0.25) is 0 Å². The highest BCUT2D eigenvalue weighted by atomic mass is 15.1. The summed E-state index contributed by atoms with van der Waals surface area (Å²) in [5, 5.41) is 3.60. The maximum Gasteiger partial charge on any atom is 0.0104 e. The van der Waals surface area contributed by atoms with E-state index in [1.807, 2.05) is 0 Å². The van der Waals surface area contributed by atoms with Crippen LogP contribution in [0, 0.1) is 0 Å². The van der Waals surface area contributed by atoms with Crippen LogP contribution in [0.2, 0.25) is 0 Å². The van der Waals surface area contributed by atoms with E-state index in [1.54, 1.807) is 0 Å². The van der Waals surface area contributed by atoms with Crippen molar-refractivity contribution in [3.63, 3.8) is 0 Å². The summed E-state index contributed by atoms with van der Waals surface area (Å²) in [7, 11) is 6.48. The highest BCUT2D eigenvalue weighted by molar-refractivity contribution is 4.64. The van der Waals surface area contributed by atoms with Gasteiger partial charge < -0.3 is 15.1 Å². The Kier molecular flexibility index (Phi) is 9.99. The van der Waals surface area contributed by atoms with Crippen molar-refractivity contribution in [3.05, 3.63) is 0 Å². The molecule has 0 atom stereocenters. The first-order valence-electron chi connectivity index (χ1n) is 6.66. The van der Waals surface area contributed by atoms with Gasteiger partial charge in [-0.05, 0) is 53.5 Å². The third-order valence-corrected chi connectivity index (χ3v) is 3.06. The molecule has 3 nitrogen and oxygen atoms in total. The molecule has 0 aromatic carbocycles. The second-order valence-corrected chi connectivity index (χ2v) is 4.93. The lowest BCUT2D eigenvalue weighted by atomic mass is 10.2. The highest BCUT2D eigenvalue weighted by Crippen LogP contribution is 1.95. The molecule has 0 radical (unpaired) electrons. The summed E-state index contributed by atoms with van der Waals surface area (Å²) in [6, 6.07) is 0.704. The van der Waals surface area contributed by atoms with E-state index in [4.69, 9.17) is 0 Å². The maximum atomic E-state index is 3.60. The first-order valence-corrected chi connectivity index (χ1v) is 6.66. The predicted octanol–water partition coefficient (Wildman–Crippen LogP) is 1.65. The topological polar surface area (TPSA) is 18.5 Å². The lowest BCUT2D eigenvalue weighted by molar-refractivity contribution is 0.293. The summed E-state index contributed by atoms with van der Waals surface area (Å²) in [4.78, 5) is 4.66. The van der Waals surface area contributed by atoms with Crippen molar-refractivity contribution in [3.8, 4) is 0 Å². The molecule has 0 rings (SSSR count). The third-order valence-electron chi connectivity index (χ3n) is 3.06. The van der Waals surface area contributed by atoms with Gasteiger partial charge in [0.2, 0.25) is 0 Å². The van der Waals surface area contributed by atoms with E-state index in [2.05, 4.69) is 50.1 Å². The van der Waals surface area contributed by atoms with E-state index < -0.39 is 0 Å². The molecule has 0 unspecified atom stereocenters. The van der Waals surface area contributed by atoms with Crippen molar-refractivity contribution < 1.29 is 0 Å². The molecule has 0 bridgehead atoms. The van der Waals surface area contributed by atoms with Gasteiger partial charge in [0.05, 0.1) is 0 Å². The molecule has 16 heavy (non-hydrogen) atoms. The zero-order valence-corrected chi connectivity index (χ0v) is 11.9. The molecule has 0 amide bonds. The average molecular weight is 229 g/mol. The molecule has 0 fully saturated rings. The van der Waals surface area contributed by atoms with Crippen molar-refractivity contribution >= 4 is 0 Å². The molecular formula is C13H31N3. The molecule has 0 aliphatic carbocycles. The lowest BCUT2D eigenvalue weighted by Gasteiger charge is -2.20. The van der Waals surface area contributed by atoms with E-state index in [1.165, 1.54) is 32.4 Å². The number of hydrogen-bond acceptors (Lipinski definition) is 3. The molecule has 1 N–H and O–H groups in total. The van der Waals surface area contributed by atoms with Crippen molar-refractivity contribution in [2.24, 2.45) is 0 Å². The Labute approximate surface area is 102 Å². The predicted molar refractivity (Wildman–Crippen MR) is 73.0 cm³/mol. The van der Waals surface area contributed by atoms with Gasteiger partial charge in [-0.15, -0.1) is 0 Å². The Bertz CT molecular complexity index is 144. The van der Waals surface area contributed by atoms with Gasteiger partial charge in [0.25, 0.3) is 0 Å². The summed E-state index contributed by atoms with van der Waals surface area (Å²) in [6.45, 7) is 9.16. The first kappa shape index (κ1) is 15.9. The van der Waals surface area contributed by atoms with Gasteiger partial charge in [0.1, 0.15) is 0 Å². The zero-order chi connectivity index (χ0) is 12.4. The molecule has 0 aromatic heterocycles. The molecule has 0 aliphatic rings. The van der Waals surface area contributed by atoms with Crippen LogP contribution in [0.3, 0.4) is 0 Å². The minimum atomic E-state index is 0.704. The fourth-order valence-electron chi connectivity index (χ4n) is 1.81. The lowest BCUT2D eigenvalue weighted by Crippen LogP contribution is -2.36. The van der Waals surface area contributed by atoms with Crippen LogP contribution in [0.4, 0.5) is 0 Å². The van der Waals surface area contributed by atoms with Crippen molar-refractivity contribution in [1.29, 1.82) is 0 Å². The number of likely N-dealkylation sites (N-methyl/N-ethyl adjacent to an activating group) is 1. The number of rotatable bonds is 10. The van der Waals surface area contributed by atoms with E-state index in [0.717, 1.165) is 13.1 Å². The normalized spacial score (nSPS) is 12.0. The van der Waals surface area contributed by atoms with Crippen LogP contribution >= 0.6 is 0 Å². The molecular weight excluding hydrogens is 198 g/mol. The van der Waals surface area contributed by atoms with Crippen LogP contribution < -0.4 is 5.32 Å². The molecule has 0 heterocycles. The summed E-state index contributed by atoms with van der Waals surface area (Å²) in [6.07, 6.45) is 3.73. The summed E-state index contributed by atoms with van der Waals surface area (Å²) in [5.74, 6) is 0. The first-order chi connectivity index (χ1) is 7.60. The number of hydrogen-bond donors (Lipinski definition) is 1. The molecule has 98 valence electrons. The SMILES string of the molecule is CCC(CC)NCCN(C)CCCN(C)C. The van der Waals surface area contributed by atoms with Crippen LogP contribution in [-0.4, -0.2) is 63.2 Å². The average Bonchev–Trinajstić information content (AvgIpc) is 2.24. The second kappa shape index (κ2) is 10.1. The fourth-order valence-corrected chi connectivity index (χ4v) is 1.81. The van der Waals surface area contributed by atoms with Crippen LogP contribution in [0.1, 0.15) is 33.1 Å². The Balaban J connectivity index is 3.39. The summed E-state index contributed by atoms with van der Waals surface area (Å²) >= 11 is 0. The van der Waals surface area contributed by atoms with Crippen LogP contribution in [-0.2, 0) is 0 Å². The Morgan fingerprint density at radius 3 is 2.06 bits per heavy atom. The van der Waals surface area contributed by atoms with E-state index >= 15 is 0 Å². The van der Waals surface area contributed by atoms with Gasteiger partial charge in [-0.2, -0.15) is 0 Å². The van der Waals surface area contributed by atoms with Crippen LogP contribution in [0.15, 0.2) is 0 Å². The quantitative estimate of drug-likeness (QED) is 0.614. The zero-order valence-electron chi connectivity index (χ0n) is 11.9. The van der Waals surface area contributed by atoms with E-state index in [0.29, 0.717) is 6.04 Å². The van der Waals surface area contributed by atoms with Crippen LogP contribution in [0.5, 0.6) is 0 Å². The summed E-state index contributed by atoms with van der Waals surface area (Å²) in [5.41, 5.74) is 0. The van der Waals surface area contributed by atoms with Crippen molar-refractivity contribution in [2.45, 2.75) is 39.2 Å². The number of nitrogens with one attached hydrogen (secondary N) is 1. The van der Waals surface area contributed by atoms with Crippen molar-refractivity contribution in [1.82, 2.24) is 15.1 Å². The minimum absolute atomic E-state index is 0.704. The van der Waals surface area contributed by atoms with Crippen molar-refractivity contribution in [2.75, 3.05) is 47.3 Å². The van der Waals surface area contributed by atoms with Gasteiger partial charge in [-0.1, -0.05) is 13.8 Å². The standard InChI is InChI=1S/C13H31N3/c1-6-13(7-2)14-9-12-16(5)11-8-10-15(3)4/h13-14H,6-12H2,1-5H3. The Hall–Kier alpha value is -0.120. The monoisotopic (exact) mass is 229 g/mol. The molecule has 3 heteroatoms. The smallest absolute Gasteiger partial charge is 0.0104 e. The molecule has 0 saturated carbocycles. The largest absolute Gasteiger partial charge is 0.313 e. The minimum Gasteiger partial charge on any atom is -0.313 e.